The Bertz CT molecular complexity index is 572. The Labute approximate surface area is 127 Å². The second-order valence-corrected chi connectivity index (χ2v) is 6.16. The number of aryl methyl sites for hydroxylation is 3. The van der Waals surface area contributed by atoms with Crippen LogP contribution in [0.15, 0.2) is 42.5 Å². The molecule has 0 bridgehead atoms. The van der Waals surface area contributed by atoms with Crippen LogP contribution >= 0.6 is 11.6 Å². The molecule has 106 valence electrons. The highest BCUT2D eigenvalue weighted by molar-refractivity contribution is 6.18. The third kappa shape index (κ3) is 4.11. The summed E-state index contributed by atoms with van der Waals surface area (Å²) in [6.45, 7) is 6.48. The molecule has 1 heteroatoms. The SMILES string of the molecule is Cc1cccc(CC(CCl)Cc2cc(C)ccc2C)c1. The maximum Gasteiger partial charge on any atom is 0.0258 e. The van der Waals surface area contributed by atoms with E-state index in [2.05, 4.69) is 63.2 Å². The molecule has 1 unspecified atom stereocenters. The summed E-state index contributed by atoms with van der Waals surface area (Å²) in [5.41, 5.74) is 6.84. The number of rotatable bonds is 5. The van der Waals surface area contributed by atoms with Crippen LogP contribution < -0.4 is 0 Å². The molecule has 2 rings (SSSR count). The van der Waals surface area contributed by atoms with Crippen molar-refractivity contribution in [3.63, 3.8) is 0 Å². The van der Waals surface area contributed by atoms with Gasteiger partial charge in [0.25, 0.3) is 0 Å². The van der Waals surface area contributed by atoms with Gasteiger partial charge in [-0.3, -0.25) is 0 Å². The molecule has 20 heavy (non-hydrogen) atoms. The summed E-state index contributed by atoms with van der Waals surface area (Å²) in [5.74, 6) is 1.21. The predicted octanol–water partition coefficient (Wildman–Crippen LogP) is 5.25. The highest BCUT2D eigenvalue weighted by atomic mass is 35.5. The van der Waals surface area contributed by atoms with Crippen molar-refractivity contribution in [2.45, 2.75) is 33.6 Å². The first-order valence-electron chi connectivity index (χ1n) is 7.26. The molecular weight excluding hydrogens is 264 g/mol. The van der Waals surface area contributed by atoms with Gasteiger partial charge in [0.15, 0.2) is 0 Å². The fourth-order valence-corrected chi connectivity index (χ4v) is 2.90. The first kappa shape index (κ1) is 15.1. The van der Waals surface area contributed by atoms with E-state index in [4.69, 9.17) is 11.6 Å². The van der Waals surface area contributed by atoms with Crippen molar-refractivity contribution in [2.24, 2.45) is 5.92 Å². The topological polar surface area (TPSA) is 0 Å². The summed E-state index contributed by atoms with van der Waals surface area (Å²) < 4.78 is 0. The van der Waals surface area contributed by atoms with Crippen molar-refractivity contribution in [3.05, 3.63) is 70.3 Å². The first-order valence-corrected chi connectivity index (χ1v) is 7.79. The van der Waals surface area contributed by atoms with E-state index in [1.165, 1.54) is 27.8 Å². The van der Waals surface area contributed by atoms with Crippen LogP contribution in [0.3, 0.4) is 0 Å². The first-order chi connectivity index (χ1) is 9.58. The lowest BCUT2D eigenvalue weighted by Gasteiger charge is -2.16. The predicted molar refractivity (Wildman–Crippen MR) is 88.7 cm³/mol. The lowest BCUT2D eigenvalue weighted by atomic mass is 9.91. The second-order valence-electron chi connectivity index (χ2n) is 5.85. The Hall–Kier alpha value is -1.27. The summed E-state index contributed by atoms with van der Waals surface area (Å²) in [6, 6.07) is 15.4. The van der Waals surface area contributed by atoms with Crippen LogP contribution in [-0.2, 0) is 12.8 Å². The Balaban J connectivity index is 2.11. The minimum Gasteiger partial charge on any atom is -0.126 e. The monoisotopic (exact) mass is 286 g/mol. The summed E-state index contributed by atoms with van der Waals surface area (Å²) in [5, 5.41) is 0. The van der Waals surface area contributed by atoms with Crippen molar-refractivity contribution in [1.29, 1.82) is 0 Å². The molecule has 0 nitrogen and oxygen atoms in total. The van der Waals surface area contributed by atoms with Crippen LogP contribution in [0.1, 0.15) is 27.8 Å². The molecular formula is C19H23Cl. The summed E-state index contributed by atoms with van der Waals surface area (Å²) in [6.07, 6.45) is 2.11. The molecule has 0 saturated carbocycles. The second kappa shape index (κ2) is 6.95. The minimum atomic E-state index is 0.499. The Morgan fingerprint density at radius 3 is 2.35 bits per heavy atom. The maximum atomic E-state index is 6.20. The van der Waals surface area contributed by atoms with Crippen LogP contribution in [0.2, 0.25) is 0 Å². The van der Waals surface area contributed by atoms with E-state index in [1.807, 2.05) is 0 Å². The standard InChI is InChI=1S/C19H23Cl/c1-14-5-4-6-17(9-14)11-18(13-20)12-19-10-15(2)7-8-16(19)3/h4-10,18H,11-13H2,1-3H3. The van der Waals surface area contributed by atoms with Crippen molar-refractivity contribution >= 4 is 11.6 Å². The van der Waals surface area contributed by atoms with E-state index >= 15 is 0 Å². The molecule has 0 heterocycles. The normalized spacial score (nSPS) is 12.4. The lowest BCUT2D eigenvalue weighted by Crippen LogP contribution is -2.11. The van der Waals surface area contributed by atoms with Gasteiger partial charge in [-0.1, -0.05) is 53.6 Å². The lowest BCUT2D eigenvalue weighted by molar-refractivity contribution is 0.582. The Morgan fingerprint density at radius 1 is 0.900 bits per heavy atom. The van der Waals surface area contributed by atoms with Gasteiger partial charge in [0.05, 0.1) is 0 Å². The van der Waals surface area contributed by atoms with Gasteiger partial charge in [-0.15, -0.1) is 11.6 Å². The van der Waals surface area contributed by atoms with E-state index in [1.54, 1.807) is 0 Å². The molecule has 0 fully saturated rings. The highest BCUT2D eigenvalue weighted by Gasteiger charge is 2.11. The van der Waals surface area contributed by atoms with Gasteiger partial charge in [-0.2, -0.15) is 0 Å². The van der Waals surface area contributed by atoms with Crippen molar-refractivity contribution in [1.82, 2.24) is 0 Å². The van der Waals surface area contributed by atoms with Crippen LogP contribution in [0, 0.1) is 26.7 Å². The molecule has 0 spiro atoms. The molecule has 0 saturated heterocycles. The van der Waals surface area contributed by atoms with E-state index < -0.39 is 0 Å². The van der Waals surface area contributed by atoms with E-state index in [-0.39, 0.29) is 0 Å². The number of alkyl halides is 1. The molecule has 0 N–H and O–H groups in total. The molecule has 0 radical (unpaired) electrons. The van der Waals surface area contributed by atoms with E-state index in [0.29, 0.717) is 11.8 Å². The van der Waals surface area contributed by atoms with Gasteiger partial charge in [0, 0.05) is 5.88 Å². The van der Waals surface area contributed by atoms with Gasteiger partial charge in [0.1, 0.15) is 0 Å². The molecule has 0 aliphatic carbocycles. The molecule has 0 aromatic heterocycles. The van der Waals surface area contributed by atoms with Gasteiger partial charge in [0.2, 0.25) is 0 Å². The molecule has 0 amide bonds. The van der Waals surface area contributed by atoms with Gasteiger partial charge < -0.3 is 0 Å². The van der Waals surface area contributed by atoms with Crippen molar-refractivity contribution in [3.8, 4) is 0 Å². The van der Waals surface area contributed by atoms with Crippen LogP contribution in [0.25, 0.3) is 0 Å². The van der Waals surface area contributed by atoms with Crippen molar-refractivity contribution < 1.29 is 0 Å². The number of benzene rings is 2. The molecule has 2 aromatic rings. The molecule has 1 atom stereocenters. The number of halogens is 1. The fraction of sp³-hybridized carbons (Fsp3) is 0.368. The third-order valence-corrected chi connectivity index (χ3v) is 4.27. The minimum absolute atomic E-state index is 0.499. The smallest absolute Gasteiger partial charge is 0.0258 e. The summed E-state index contributed by atoms with van der Waals surface area (Å²) in [4.78, 5) is 0. The van der Waals surface area contributed by atoms with E-state index in [0.717, 1.165) is 12.8 Å². The summed E-state index contributed by atoms with van der Waals surface area (Å²) >= 11 is 6.20. The van der Waals surface area contributed by atoms with Crippen LogP contribution in [0.4, 0.5) is 0 Å². The van der Waals surface area contributed by atoms with E-state index in [9.17, 15) is 0 Å². The summed E-state index contributed by atoms with van der Waals surface area (Å²) in [7, 11) is 0. The zero-order chi connectivity index (χ0) is 14.5. The number of hydrogen-bond donors (Lipinski definition) is 0. The highest BCUT2D eigenvalue weighted by Crippen LogP contribution is 2.20. The zero-order valence-electron chi connectivity index (χ0n) is 12.6. The van der Waals surface area contributed by atoms with Crippen molar-refractivity contribution in [2.75, 3.05) is 5.88 Å². The quantitative estimate of drug-likeness (QED) is 0.658. The molecule has 0 aliphatic rings. The average Bonchev–Trinajstić information content (AvgIpc) is 2.42. The molecule has 0 aliphatic heterocycles. The number of hydrogen-bond acceptors (Lipinski definition) is 0. The third-order valence-electron chi connectivity index (χ3n) is 3.84. The van der Waals surface area contributed by atoms with Crippen LogP contribution in [0.5, 0.6) is 0 Å². The van der Waals surface area contributed by atoms with Gasteiger partial charge in [-0.05, 0) is 56.2 Å². The zero-order valence-corrected chi connectivity index (χ0v) is 13.4. The molecule has 2 aromatic carbocycles. The van der Waals surface area contributed by atoms with Crippen LogP contribution in [-0.4, -0.2) is 5.88 Å². The Morgan fingerprint density at radius 2 is 1.65 bits per heavy atom. The van der Waals surface area contributed by atoms with Gasteiger partial charge >= 0.3 is 0 Å². The fourth-order valence-electron chi connectivity index (χ4n) is 2.68. The largest absolute Gasteiger partial charge is 0.126 e. The average molecular weight is 287 g/mol. The maximum absolute atomic E-state index is 6.20. The van der Waals surface area contributed by atoms with Gasteiger partial charge in [-0.25, -0.2) is 0 Å². The Kier molecular flexibility index (Phi) is 5.25.